The molecule has 0 fully saturated rings. The minimum Gasteiger partial charge on any atom is -0.306 e. The summed E-state index contributed by atoms with van der Waals surface area (Å²) in [6, 6.07) is 5.42. The molecule has 0 aliphatic carbocycles. The number of nitrogens with one attached hydrogen (secondary N) is 1. The summed E-state index contributed by atoms with van der Waals surface area (Å²) >= 11 is 13.8. The quantitative estimate of drug-likeness (QED) is 0.861. The van der Waals surface area contributed by atoms with Crippen molar-refractivity contribution in [2.45, 2.75) is 32.9 Å². The lowest BCUT2D eigenvalue weighted by atomic mass is 10.1. The fourth-order valence-electron chi connectivity index (χ4n) is 1.55. The van der Waals surface area contributed by atoms with E-state index < -0.39 is 0 Å². The first kappa shape index (κ1) is 14.8. The zero-order chi connectivity index (χ0) is 14.0. The largest absolute Gasteiger partial charge is 0.306 e. The van der Waals surface area contributed by atoms with Crippen LogP contribution in [0.4, 0.5) is 0 Å². The molecular weight excluding hydrogens is 299 g/mol. The maximum Gasteiger partial charge on any atom is 0.107 e. The Morgan fingerprint density at radius 1 is 1.26 bits per heavy atom. The smallest absolute Gasteiger partial charge is 0.107 e. The highest BCUT2D eigenvalue weighted by molar-refractivity contribution is 7.09. The first-order valence-electron chi connectivity index (χ1n) is 6.00. The van der Waals surface area contributed by atoms with Crippen LogP contribution in [0.25, 0.3) is 11.3 Å². The van der Waals surface area contributed by atoms with Gasteiger partial charge in [0, 0.05) is 28.0 Å². The van der Waals surface area contributed by atoms with Gasteiger partial charge < -0.3 is 5.32 Å². The van der Waals surface area contributed by atoms with Gasteiger partial charge in [0.1, 0.15) is 5.01 Å². The predicted octanol–water partition coefficient (Wildman–Crippen LogP) is 5.01. The number of halogens is 2. The van der Waals surface area contributed by atoms with Gasteiger partial charge in [0.05, 0.1) is 10.7 Å². The lowest BCUT2D eigenvalue weighted by Crippen LogP contribution is -2.34. The summed E-state index contributed by atoms with van der Waals surface area (Å²) in [5.74, 6) is 0. The third-order valence-corrected chi connectivity index (χ3v) is 3.94. The van der Waals surface area contributed by atoms with E-state index >= 15 is 0 Å². The summed E-state index contributed by atoms with van der Waals surface area (Å²) in [7, 11) is 0. The molecule has 0 saturated carbocycles. The van der Waals surface area contributed by atoms with Crippen LogP contribution in [-0.2, 0) is 6.54 Å². The summed E-state index contributed by atoms with van der Waals surface area (Å²) in [5.41, 5.74) is 1.84. The van der Waals surface area contributed by atoms with Gasteiger partial charge in [0.15, 0.2) is 0 Å². The molecule has 19 heavy (non-hydrogen) atoms. The summed E-state index contributed by atoms with van der Waals surface area (Å²) in [4.78, 5) is 4.60. The van der Waals surface area contributed by atoms with Crippen LogP contribution in [0, 0.1) is 0 Å². The normalized spacial score (nSPS) is 11.8. The molecule has 0 saturated heterocycles. The molecule has 0 unspecified atom stereocenters. The van der Waals surface area contributed by atoms with E-state index in [1.165, 1.54) is 0 Å². The van der Waals surface area contributed by atoms with Gasteiger partial charge in [-0.2, -0.15) is 0 Å². The van der Waals surface area contributed by atoms with Crippen LogP contribution in [0.3, 0.4) is 0 Å². The van der Waals surface area contributed by atoms with Crippen molar-refractivity contribution >= 4 is 34.5 Å². The standard InChI is InChI=1S/C14H16Cl2N2S/c1-14(2,3)17-7-13-18-12(8-19-13)10-6-9(15)4-5-11(10)16/h4-6,8,17H,7H2,1-3H3. The topological polar surface area (TPSA) is 24.9 Å². The second-order valence-electron chi connectivity index (χ2n) is 5.35. The zero-order valence-corrected chi connectivity index (χ0v) is 13.5. The molecule has 2 nitrogen and oxygen atoms in total. The molecular formula is C14H16Cl2N2S. The Morgan fingerprint density at radius 3 is 2.68 bits per heavy atom. The molecule has 2 aromatic rings. The number of thiazole rings is 1. The highest BCUT2D eigenvalue weighted by Crippen LogP contribution is 2.31. The van der Waals surface area contributed by atoms with Crippen LogP contribution in [0.15, 0.2) is 23.6 Å². The molecule has 0 radical (unpaired) electrons. The first-order chi connectivity index (χ1) is 8.85. The molecule has 0 aliphatic heterocycles. The molecule has 2 rings (SSSR count). The molecule has 1 N–H and O–H groups in total. The van der Waals surface area contributed by atoms with E-state index in [4.69, 9.17) is 23.2 Å². The van der Waals surface area contributed by atoms with Gasteiger partial charge >= 0.3 is 0 Å². The summed E-state index contributed by atoms with van der Waals surface area (Å²) in [6.07, 6.45) is 0. The number of aromatic nitrogens is 1. The number of hydrogen-bond acceptors (Lipinski definition) is 3. The van der Waals surface area contributed by atoms with Crippen molar-refractivity contribution in [1.29, 1.82) is 0 Å². The second kappa shape index (κ2) is 5.80. The predicted molar refractivity (Wildman–Crippen MR) is 84.2 cm³/mol. The zero-order valence-electron chi connectivity index (χ0n) is 11.1. The highest BCUT2D eigenvalue weighted by Gasteiger charge is 2.12. The van der Waals surface area contributed by atoms with Crippen LogP contribution in [0.1, 0.15) is 25.8 Å². The van der Waals surface area contributed by atoms with E-state index in [9.17, 15) is 0 Å². The Balaban J connectivity index is 2.19. The van der Waals surface area contributed by atoms with Gasteiger partial charge in [-0.3, -0.25) is 0 Å². The Hall–Kier alpha value is -0.610. The van der Waals surface area contributed by atoms with Crippen LogP contribution in [-0.4, -0.2) is 10.5 Å². The van der Waals surface area contributed by atoms with Crippen molar-refractivity contribution in [3.05, 3.63) is 38.6 Å². The Labute approximate surface area is 127 Å². The lowest BCUT2D eigenvalue weighted by molar-refractivity contribution is 0.424. The van der Waals surface area contributed by atoms with E-state index in [2.05, 4.69) is 31.1 Å². The third kappa shape index (κ3) is 4.18. The van der Waals surface area contributed by atoms with Gasteiger partial charge in [0.2, 0.25) is 0 Å². The number of nitrogens with zero attached hydrogens (tertiary/aromatic N) is 1. The van der Waals surface area contributed by atoms with Gasteiger partial charge in [0.25, 0.3) is 0 Å². The molecule has 0 spiro atoms. The van der Waals surface area contributed by atoms with Crippen LogP contribution >= 0.6 is 34.5 Å². The van der Waals surface area contributed by atoms with Crippen molar-refractivity contribution < 1.29 is 0 Å². The molecule has 0 aliphatic rings. The second-order valence-corrected chi connectivity index (χ2v) is 7.14. The van der Waals surface area contributed by atoms with Crippen molar-refractivity contribution in [3.8, 4) is 11.3 Å². The summed E-state index contributed by atoms with van der Waals surface area (Å²) < 4.78 is 0. The molecule has 1 heterocycles. The lowest BCUT2D eigenvalue weighted by Gasteiger charge is -2.19. The maximum absolute atomic E-state index is 6.18. The molecule has 5 heteroatoms. The molecule has 1 aromatic carbocycles. The van der Waals surface area contributed by atoms with Gasteiger partial charge in [-0.25, -0.2) is 4.98 Å². The molecule has 0 atom stereocenters. The highest BCUT2D eigenvalue weighted by atomic mass is 35.5. The Bertz CT molecular complexity index is 573. The molecule has 1 aromatic heterocycles. The molecule has 102 valence electrons. The average molecular weight is 315 g/mol. The molecule has 0 amide bonds. The van der Waals surface area contributed by atoms with E-state index in [1.54, 1.807) is 23.5 Å². The summed E-state index contributed by atoms with van der Waals surface area (Å²) in [5, 5.41) is 7.81. The minimum atomic E-state index is 0.0829. The number of rotatable bonds is 3. The van der Waals surface area contributed by atoms with E-state index in [0.29, 0.717) is 10.0 Å². The van der Waals surface area contributed by atoms with Crippen molar-refractivity contribution in [3.63, 3.8) is 0 Å². The minimum absolute atomic E-state index is 0.0829. The van der Waals surface area contributed by atoms with Crippen LogP contribution in [0.5, 0.6) is 0 Å². The Morgan fingerprint density at radius 2 is 2.00 bits per heavy atom. The maximum atomic E-state index is 6.18. The van der Waals surface area contributed by atoms with Gasteiger partial charge in [-0.1, -0.05) is 23.2 Å². The first-order valence-corrected chi connectivity index (χ1v) is 7.63. The fourth-order valence-corrected chi connectivity index (χ4v) is 2.67. The van der Waals surface area contributed by atoms with E-state index in [0.717, 1.165) is 22.8 Å². The number of hydrogen-bond donors (Lipinski definition) is 1. The van der Waals surface area contributed by atoms with Crippen molar-refractivity contribution in [2.75, 3.05) is 0 Å². The SMILES string of the molecule is CC(C)(C)NCc1nc(-c2cc(Cl)ccc2Cl)cs1. The van der Waals surface area contributed by atoms with Gasteiger partial charge in [-0.05, 0) is 39.0 Å². The fraction of sp³-hybridized carbons (Fsp3) is 0.357. The monoisotopic (exact) mass is 314 g/mol. The van der Waals surface area contributed by atoms with E-state index in [-0.39, 0.29) is 5.54 Å². The van der Waals surface area contributed by atoms with Crippen molar-refractivity contribution in [2.24, 2.45) is 0 Å². The van der Waals surface area contributed by atoms with E-state index in [1.807, 2.05) is 11.4 Å². The van der Waals surface area contributed by atoms with Crippen LogP contribution < -0.4 is 5.32 Å². The number of benzene rings is 1. The average Bonchev–Trinajstić information content (AvgIpc) is 2.77. The van der Waals surface area contributed by atoms with Crippen molar-refractivity contribution in [1.82, 2.24) is 10.3 Å². The van der Waals surface area contributed by atoms with Crippen LogP contribution in [0.2, 0.25) is 10.0 Å². The Kier molecular flexibility index (Phi) is 4.51. The summed E-state index contributed by atoms with van der Waals surface area (Å²) in [6.45, 7) is 7.16. The third-order valence-electron chi connectivity index (χ3n) is 2.53. The molecule has 0 bridgehead atoms. The van der Waals surface area contributed by atoms with Gasteiger partial charge in [-0.15, -0.1) is 11.3 Å².